The summed E-state index contributed by atoms with van der Waals surface area (Å²) in [5, 5.41) is 8.58. The number of aromatic nitrogens is 1. The Kier molecular flexibility index (Phi) is 2.92. The number of alkyl halides is 3. The van der Waals surface area contributed by atoms with E-state index in [0.29, 0.717) is 6.07 Å². The van der Waals surface area contributed by atoms with Crippen LogP contribution in [0.1, 0.15) is 16.1 Å². The van der Waals surface area contributed by atoms with Crippen LogP contribution in [0.2, 0.25) is 0 Å². The molecule has 8 heteroatoms. The second-order valence-electron chi connectivity index (χ2n) is 2.79. The first-order valence-corrected chi connectivity index (χ1v) is 3.92. The number of nitrogen functional groups attached to an aromatic ring is 1. The molecule has 0 fully saturated rings. The van der Waals surface area contributed by atoms with Gasteiger partial charge < -0.3 is 15.6 Å². The van der Waals surface area contributed by atoms with Gasteiger partial charge in [-0.2, -0.15) is 13.2 Å². The Bertz CT molecular complexity index is 431. The summed E-state index contributed by atoms with van der Waals surface area (Å²) in [6.45, 7) is 0. The van der Waals surface area contributed by atoms with Crippen molar-refractivity contribution in [3.63, 3.8) is 0 Å². The molecule has 1 aromatic heterocycles. The number of hydrogen-bond donors (Lipinski definition) is 2. The summed E-state index contributed by atoms with van der Waals surface area (Å²) in [7, 11) is 1.12. The van der Waals surface area contributed by atoms with Crippen molar-refractivity contribution in [3.8, 4) is 5.88 Å². The number of hydrogen-bond acceptors (Lipinski definition) is 4. The minimum absolute atomic E-state index is 0.356. The van der Waals surface area contributed by atoms with Crippen LogP contribution in [0.4, 0.5) is 18.9 Å². The highest BCUT2D eigenvalue weighted by atomic mass is 19.4. The normalized spacial score (nSPS) is 11.2. The lowest BCUT2D eigenvalue weighted by atomic mass is 10.1. The second-order valence-corrected chi connectivity index (χ2v) is 2.79. The van der Waals surface area contributed by atoms with Crippen LogP contribution in [0, 0.1) is 0 Å². The van der Waals surface area contributed by atoms with Gasteiger partial charge in [0.15, 0.2) is 5.69 Å². The molecular weight excluding hydrogens is 229 g/mol. The summed E-state index contributed by atoms with van der Waals surface area (Å²) in [5.41, 5.74) is 2.30. The predicted octanol–water partition coefficient (Wildman–Crippen LogP) is 1.39. The fourth-order valence-corrected chi connectivity index (χ4v) is 1.05. The third kappa shape index (κ3) is 2.15. The average molecular weight is 236 g/mol. The molecule has 0 aromatic carbocycles. The second kappa shape index (κ2) is 3.87. The Morgan fingerprint density at radius 2 is 2.12 bits per heavy atom. The Labute approximate surface area is 87.7 Å². The minimum atomic E-state index is -4.83. The van der Waals surface area contributed by atoms with Gasteiger partial charge in [0, 0.05) is 0 Å². The lowest BCUT2D eigenvalue weighted by molar-refractivity contribution is -0.138. The van der Waals surface area contributed by atoms with Gasteiger partial charge in [-0.1, -0.05) is 0 Å². The number of pyridine rings is 1. The number of methoxy groups -OCH3 is 1. The van der Waals surface area contributed by atoms with Gasteiger partial charge in [0.1, 0.15) is 0 Å². The molecule has 0 saturated heterocycles. The van der Waals surface area contributed by atoms with Gasteiger partial charge in [-0.05, 0) is 6.07 Å². The zero-order valence-corrected chi connectivity index (χ0v) is 8.00. The number of nitrogens with two attached hydrogens (primary N) is 1. The zero-order chi connectivity index (χ0) is 12.5. The molecule has 0 amide bonds. The summed E-state index contributed by atoms with van der Waals surface area (Å²) >= 11 is 0. The summed E-state index contributed by atoms with van der Waals surface area (Å²) in [4.78, 5) is 13.8. The minimum Gasteiger partial charge on any atom is -0.480 e. The maximum Gasteiger partial charge on any atom is 0.418 e. The molecule has 0 aliphatic heterocycles. The van der Waals surface area contributed by atoms with Gasteiger partial charge in [0.25, 0.3) is 0 Å². The molecule has 1 heterocycles. The highest BCUT2D eigenvalue weighted by molar-refractivity contribution is 5.88. The van der Waals surface area contributed by atoms with E-state index in [1.165, 1.54) is 0 Å². The van der Waals surface area contributed by atoms with Crippen molar-refractivity contribution < 1.29 is 27.8 Å². The van der Waals surface area contributed by atoms with Crippen LogP contribution >= 0.6 is 0 Å². The number of carboxylic acids is 1. The number of ether oxygens (including phenoxy) is 1. The van der Waals surface area contributed by atoms with Crippen LogP contribution in [-0.4, -0.2) is 23.2 Å². The Morgan fingerprint density at radius 3 is 2.50 bits per heavy atom. The molecule has 0 spiro atoms. The first-order valence-electron chi connectivity index (χ1n) is 3.92. The van der Waals surface area contributed by atoms with Crippen molar-refractivity contribution in [2.75, 3.05) is 12.8 Å². The third-order valence-electron chi connectivity index (χ3n) is 1.72. The van der Waals surface area contributed by atoms with Crippen molar-refractivity contribution in [2.24, 2.45) is 0 Å². The molecule has 0 aliphatic rings. The quantitative estimate of drug-likeness (QED) is 0.810. The van der Waals surface area contributed by atoms with Crippen molar-refractivity contribution in [2.45, 2.75) is 6.18 Å². The van der Waals surface area contributed by atoms with Gasteiger partial charge in [-0.25, -0.2) is 9.78 Å². The average Bonchev–Trinajstić information content (AvgIpc) is 2.15. The van der Waals surface area contributed by atoms with Crippen LogP contribution < -0.4 is 10.5 Å². The predicted molar refractivity (Wildman–Crippen MR) is 47.2 cm³/mol. The van der Waals surface area contributed by atoms with Gasteiger partial charge in [0.2, 0.25) is 5.88 Å². The number of nitrogens with zero attached hydrogens (tertiary/aromatic N) is 1. The Balaban J connectivity index is 3.49. The number of rotatable bonds is 2. The molecule has 0 radical (unpaired) electrons. The van der Waals surface area contributed by atoms with Crippen molar-refractivity contribution >= 4 is 11.7 Å². The standard InChI is InChI=1S/C8H7F3N2O3/c1-16-6-4(12)2-3(8(9,10)11)5(13-6)7(14)15/h2H,12H2,1H3,(H,14,15). The fraction of sp³-hybridized carbons (Fsp3) is 0.250. The number of anilines is 1. The molecule has 1 aromatic rings. The van der Waals surface area contributed by atoms with E-state index in [1.54, 1.807) is 0 Å². The summed E-state index contributed by atoms with van der Waals surface area (Å²) in [6, 6.07) is 0.481. The van der Waals surface area contributed by atoms with E-state index in [-0.39, 0.29) is 11.6 Å². The molecule has 88 valence electrons. The molecule has 1 rings (SSSR count). The van der Waals surface area contributed by atoms with E-state index < -0.39 is 23.4 Å². The first kappa shape index (κ1) is 12.1. The number of aromatic carboxylic acids is 1. The van der Waals surface area contributed by atoms with E-state index in [1.807, 2.05) is 0 Å². The van der Waals surface area contributed by atoms with E-state index in [4.69, 9.17) is 10.8 Å². The lowest BCUT2D eigenvalue weighted by Crippen LogP contribution is -2.16. The van der Waals surface area contributed by atoms with E-state index in [2.05, 4.69) is 9.72 Å². The van der Waals surface area contributed by atoms with E-state index >= 15 is 0 Å². The molecule has 0 aliphatic carbocycles. The molecule has 0 unspecified atom stereocenters. The van der Waals surface area contributed by atoms with Crippen molar-refractivity contribution in [3.05, 3.63) is 17.3 Å². The molecule has 0 bridgehead atoms. The molecule has 0 saturated carbocycles. The summed E-state index contributed by atoms with van der Waals surface area (Å²) < 4.78 is 41.8. The maximum atomic E-state index is 12.4. The topological polar surface area (TPSA) is 85.4 Å². The van der Waals surface area contributed by atoms with Crippen molar-refractivity contribution in [1.82, 2.24) is 4.98 Å². The van der Waals surface area contributed by atoms with Crippen LogP contribution in [0.5, 0.6) is 5.88 Å². The van der Waals surface area contributed by atoms with Gasteiger partial charge in [-0.15, -0.1) is 0 Å². The highest BCUT2D eigenvalue weighted by Gasteiger charge is 2.37. The monoisotopic (exact) mass is 236 g/mol. The first-order chi connectivity index (χ1) is 7.27. The Hall–Kier alpha value is -1.99. The highest BCUT2D eigenvalue weighted by Crippen LogP contribution is 2.34. The van der Waals surface area contributed by atoms with Crippen LogP contribution in [-0.2, 0) is 6.18 Å². The van der Waals surface area contributed by atoms with Gasteiger partial charge >= 0.3 is 12.1 Å². The lowest BCUT2D eigenvalue weighted by Gasteiger charge is -2.12. The van der Waals surface area contributed by atoms with Crippen molar-refractivity contribution in [1.29, 1.82) is 0 Å². The SMILES string of the molecule is COc1nc(C(=O)O)c(C(F)(F)F)cc1N. The van der Waals surface area contributed by atoms with E-state index in [0.717, 1.165) is 7.11 Å². The molecule has 16 heavy (non-hydrogen) atoms. The molecule has 0 atom stereocenters. The van der Waals surface area contributed by atoms with Crippen LogP contribution in [0.25, 0.3) is 0 Å². The molecule has 5 nitrogen and oxygen atoms in total. The fourth-order valence-electron chi connectivity index (χ4n) is 1.05. The van der Waals surface area contributed by atoms with Crippen LogP contribution in [0.15, 0.2) is 6.07 Å². The molecule has 3 N–H and O–H groups in total. The third-order valence-corrected chi connectivity index (χ3v) is 1.72. The van der Waals surface area contributed by atoms with Crippen LogP contribution in [0.3, 0.4) is 0 Å². The number of halogens is 3. The maximum absolute atomic E-state index is 12.4. The van der Waals surface area contributed by atoms with E-state index in [9.17, 15) is 18.0 Å². The number of carboxylic acid groups (broad SMARTS) is 1. The molecular formula is C8H7F3N2O3. The summed E-state index contributed by atoms with van der Waals surface area (Å²) in [5.74, 6) is -2.16. The van der Waals surface area contributed by atoms with Gasteiger partial charge in [-0.3, -0.25) is 0 Å². The smallest absolute Gasteiger partial charge is 0.418 e. The van der Waals surface area contributed by atoms with Gasteiger partial charge in [0.05, 0.1) is 18.4 Å². The largest absolute Gasteiger partial charge is 0.480 e. The summed E-state index contributed by atoms with van der Waals surface area (Å²) in [6.07, 6.45) is -4.83. The number of carbonyl (C=O) groups is 1. The Morgan fingerprint density at radius 1 is 1.56 bits per heavy atom. The zero-order valence-electron chi connectivity index (χ0n) is 8.00.